The van der Waals surface area contributed by atoms with E-state index >= 15 is 0 Å². The predicted molar refractivity (Wildman–Crippen MR) is 93.0 cm³/mol. The molecule has 0 bridgehead atoms. The van der Waals surface area contributed by atoms with Gasteiger partial charge in [0.05, 0.1) is 0 Å². The van der Waals surface area contributed by atoms with Crippen molar-refractivity contribution in [2.24, 2.45) is 5.92 Å². The number of aryl methyl sites for hydroxylation is 1. The van der Waals surface area contributed by atoms with Crippen molar-refractivity contribution in [1.29, 1.82) is 0 Å². The summed E-state index contributed by atoms with van der Waals surface area (Å²) in [7, 11) is 0. The maximum Gasteiger partial charge on any atom is 0.323 e. The molecule has 1 aliphatic rings. The predicted octanol–water partition coefficient (Wildman–Crippen LogP) is 4.26. The summed E-state index contributed by atoms with van der Waals surface area (Å²) < 4.78 is 31.8. The molecule has 1 saturated heterocycles. The van der Waals surface area contributed by atoms with Crippen LogP contribution in [0.25, 0.3) is 0 Å². The maximum atomic E-state index is 13.9. The highest BCUT2D eigenvalue weighted by atomic mass is 35.5. The zero-order valence-electron chi connectivity index (χ0n) is 13.6. The van der Waals surface area contributed by atoms with E-state index in [1.54, 1.807) is 11.8 Å². The number of hydrogen-bond donors (Lipinski definition) is 1. The number of benzene rings is 1. The first-order chi connectivity index (χ1) is 11.9. The van der Waals surface area contributed by atoms with Crippen molar-refractivity contribution in [1.82, 2.24) is 14.3 Å². The van der Waals surface area contributed by atoms with Crippen molar-refractivity contribution in [3.05, 3.63) is 40.2 Å². The standard InChI is InChI=1S/C16H17ClF2N4OS/c1-9-20-15(25-22-9)21-16(24)23-4-2-10(3-5-23)6-12-13(18)7-11(17)8-14(12)19/h7-8,10H,2-6H2,1H3,(H,20,21,22,24). The number of carbonyl (C=O) groups is 1. The number of nitrogens with zero attached hydrogens (tertiary/aromatic N) is 3. The number of urea groups is 1. The Morgan fingerprint density at radius 2 is 2.00 bits per heavy atom. The number of halogens is 3. The Bertz CT molecular complexity index is 754. The third-order valence-corrected chi connectivity index (χ3v) is 5.18. The number of likely N-dealkylation sites (tertiary alicyclic amines) is 1. The first kappa shape index (κ1) is 18.0. The van der Waals surface area contributed by atoms with Gasteiger partial charge < -0.3 is 4.90 Å². The van der Waals surface area contributed by atoms with Crippen molar-refractivity contribution in [3.8, 4) is 0 Å². The summed E-state index contributed by atoms with van der Waals surface area (Å²) in [5.41, 5.74) is 0.0663. The second-order valence-corrected chi connectivity index (χ2v) is 7.25. The molecule has 1 aromatic heterocycles. The Labute approximate surface area is 153 Å². The Morgan fingerprint density at radius 1 is 1.36 bits per heavy atom. The summed E-state index contributed by atoms with van der Waals surface area (Å²) in [5, 5.41) is 3.24. The molecule has 134 valence electrons. The largest absolute Gasteiger partial charge is 0.324 e. The number of hydrogen-bond acceptors (Lipinski definition) is 4. The highest BCUT2D eigenvalue weighted by molar-refractivity contribution is 7.09. The highest BCUT2D eigenvalue weighted by Crippen LogP contribution is 2.27. The van der Waals surface area contributed by atoms with Crippen molar-refractivity contribution >= 4 is 34.3 Å². The van der Waals surface area contributed by atoms with Gasteiger partial charge in [0.25, 0.3) is 0 Å². The number of rotatable bonds is 3. The van der Waals surface area contributed by atoms with Gasteiger partial charge in [-0.1, -0.05) is 11.6 Å². The van der Waals surface area contributed by atoms with E-state index in [0.29, 0.717) is 43.3 Å². The SMILES string of the molecule is Cc1nsc(NC(=O)N2CCC(Cc3c(F)cc(Cl)cc3F)CC2)n1. The number of nitrogens with one attached hydrogen (secondary N) is 1. The van der Waals surface area contributed by atoms with Crippen LogP contribution in [-0.2, 0) is 6.42 Å². The van der Waals surface area contributed by atoms with Crippen LogP contribution in [0.15, 0.2) is 12.1 Å². The summed E-state index contributed by atoms with van der Waals surface area (Å²) in [4.78, 5) is 18.0. The summed E-state index contributed by atoms with van der Waals surface area (Å²) in [6.07, 6.45) is 1.67. The fourth-order valence-electron chi connectivity index (χ4n) is 2.91. The molecule has 0 atom stereocenters. The lowest BCUT2D eigenvalue weighted by atomic mass is 9.90. The molecule has 1 fully saturated rings. The fraction of sp³-hybridized carbons (Fsp3) is 0.438. The summed E-state index contributed by atoms with van der Waals surface area (Å²) in [6, 6.07) is 2.04. The van der Waals surface area contributed by atoms with E-state index in [1.165, 1.54) is 0 Å². The zero-order chi connectivity index (χ0) is 18.0. The van der Waals surface area contributed by atoms with Gasteiger partial charge in [-0.05, 0) is 44.2 Å². The van der Waals surface area contributed by atoms with Gasteiger partial charge >= 0.3 is 6.03 Å². The quantitative estimate of drug-likeness (QED) is 0.857. The van der Waals surface area contributed by atoms with E-state index in [9.17, 15) is 13.6 Å². The Morgan fingerprint density at radius 3 is 2.56 bits per heavy atom. The Balaban J connectivity index is 1.54. The van der Waals surface area contributed by atoms with E-state index in [-0.39, 0.29) is 22.5 Å². The third-order valence-electron chi connectivity index (χ3n) is 4.24. The minimum absolute atomic E-state index is 0.0529. The van der Waals surface area contributed by atoms with Gasteiger partial charge in [0.1, 0.15) is 17.5 Å². The van der Waals surface area contributed by atoms with Crippen molar-refractivity contribution in [2.45, 2.75) is 26.2 Å². The molecule has 0 aliphatic carbocycles. The molecule has 0 radical (unpaired) electrons. The van der Waals surface area contributed by atoms with Gasteiger partial charge in [0, 0.05) is 35.2 Å². The van der Waals surface area contributed by atoms with E-state index in [0.717, 1.165) is 23.7 Å². The third kappa shape index (κ3) is 4.43. The molecule has 5 nitrogen and oxygen atoms in total. The topological polar surface area (TPSA) is 58.1 Å². The molecule has 1 aliphatic heterocycles. The monoisotopic (exact) mass is 386 g/mol. The Hall–Kier alpha value is -1.80. The average molecular weight is 387 g/mol. The molecular formula is C16H17ClF2N4OS. The molecule has 1 N–H and O–H groups in total. The first-order valence-electron chi connectivity index (χ1n) is 7.92. The molecule has 25 heavy (non-hydrogen) atoms. The van der Waals surface area contributed by atoms with Gasteiger partial charge in [-0.2, -0.15) is 4.37 Å². The van der Waals surface area contributed by atoms with E-state index in [4.69, 9.17) is 11.6 Å². The molecule has 2 aromatic rings. The van der Waals surface area contributed by atoms with Gasteiger partial charge in [-0.15, -0.1) is 0 Å². The molecular weight excluding hydrogens is 370 g/mol. The minimum atomic E-state index is -0.614. The summed E-state index contributed by atoms with van der Waals surface area (Å²) in [6.45, 7) is 2.82. The average Bonchev–Trinajstić information content (AvgIpc) is 2.96. The van der Waals surface area contributed by atoms with Gasteiger partial charge in [-0.25, -0.2) is 18.6 Å². The minimum Gasteiger partial charge on any atom is -0.324 e. The van der Waals surface area contributed by atoms with Gasteiger partial charge in [0.15, 0.2) is 0 Å². The molecule has 0 spiro atoms. The number of piperidine rings is 1. The van der Waals surface area contributed by atoms with Crippen LogP contribution in [0.3, 0.4) is 0 Å². The lowest BCUT2D eigenvalue weighted by Gasteiger charge is -2.31. The van der Waals surface area contributed by atoms with Crippen molar-refractivity contribution in [2.75, 3.05) is 18.4 Å². The molecule has 2 heterocycles. The summed E-state index contributed by atoms with van der Waals surface area (Å²) in [5.74, 6) is -0.488. The van der Waals surface area contributed by atoms with E-state index < -0.39 is 11.6 Å². The van der Waals surface area contributed by atoms with Crippen LogP contribution in [0.5, 0.6) is 0 Å². The molecule has 9 heteroatoms. The van der Waals surface area contributed by atoms with Crippen LogP contribution in [-0.4, -0.2) is 33.4 Å². The van der Waals surface area contributed by atoms with Crippen molar-refractivity contribution in [3.63, 3.8) is 0 Å². The van der Waals surface area contributed by atoms with Gasteiger partial charge in [-0.3, -0.25) is 5.32 Å². The van der Waals surface area contributed by atoms with Crippen LogP contribution in [0.1, 0.15) is 24.2 Å². The van der Waals surface area contributed by atoms with Crippen LogP contribution in [0.4, 0.5) is 18.7 Å². The molecule has 0 saturated carbocycles. The van der Waals surface area contributed by atoms with Gasteiger partial charge in [0.2, 0.25) is 5.13 Å². The smallest absolute Gasteiger partial charge is 0.323 e. The zero-order valence-corrected chi connectivity index (χ0v) is 15.1. The second kappa shape index (κ2) is 7.61. The number of aromatic nitrogens is 2. The maximum absolute atomic E-state index is 13.9. The van der Waals surface area contributed by atoms with E-state index in [1.807, 2.05) is 0 Å². The summed E-state index contributed by atoms with van der Waals surface area (Å²) >= 11 is 6.78. The normalized spacial score (nSPS) is 15.4. The van der Waals surface area contributed by atoms with E-state index in [2.05, 4.69) is 14.7 Å². The molecule has 1 aromatic carbocycles. The number of anilines is 1. The second-order valence-electron chi connectivity index (χ2n) is 6.06. The lowest BCUT2D eigenvalue weighted by molar-refractivity contribution is 0.182. The molecule has 2 amide bonds. The number of carbonyl (C=O) groups excluding carboxylic acids is 1. The first-order valence-corrected chi connectivity index (χ1v) is 9.07. The van der Waals surface area contributed by atoms with Crippen LogP contribution < -0.4 is 5.32 Å². The van der Waals surface area contributed by atoms with Crippen LogP contribution in [0, 0.1) is 24.5 Å². The van der Waals surface area contributed by atoms with Crippen molar-refractivity contribution < 1.29 is 13.6 Å². The van der Waals surface area contributed by atoms with Crippen LogP contribution >= 0.6 is 23.1 Å². The Kier molecular flexibility index (Phi) is 5.48. The number of amides is 2. The van der Waals surface area contributed by atoms with Crippen LogP contribution in [0.2, 0.25) is 5.02 Å². The molecule has 3 rings (SSSR count). The molecule has 0 unspecified atom stereocenters. The highest BCUT2D eigenvalue weighted by Gasteiger charge is 2.25. The fourth-order valence-corrected chi connectivity index (χ4v) is 3.67. The lowest BCUT2D eigenvalue weighted by Crippen LogP contribution is -2.41.